The van der Waals surface area contributed by atoms with Gasteiger partial charge in [0.05, 0.1) is 6.10 Å². The molecular weight excluding hydrogens is 230 g/mol. The Morgan fingerprint density at radius 3 is 3.00 bits per heavy atom. The molecule has 0 spiro atoms. The van der Waals surface area contributed by atoms with Crippen LogP contribution in [0.1, 0.15) is 43.0 Å². The molecule has 2 unspecified atom stereocenters. The summed E-state index contributed by atoms with van der Waals surface area (Å²) in [5.41, 5.74) is 0. The third kappa shape index (κ3) is 3.09. The van der Waals surface area contributed by atoms with Crippen LogP contribution in [0.15, 0.2) is 17.5 Å². The molecular formula is C14H21NOS. The van der Waals surface area contributed by atoms with Crippen molar-refractivity contribution in [1.82, 2.24) is 5.32 Å². The third-order valence-electron chi connectivity index (χ3n) is 3.80. The topological polar surface area (TPSA) is 21.3 Å². The summed E-state index contributed by atoms with van der Waals surface area (Å²) < 4.78 is 5.66. The van der Waals surface area contributed by atoms with Gasteiger partial charge in [0.25, 0.3) is 0 Å². The van der Waals surface area contributed by atoms with E-state index in [9.17, 15) is 0 Å². The van der Waals surface area contributed by atoms with Gasteiger partial charge < -0.3 is 10.1 Å². The maximum absolute atomic E-state index is 5.66. The van der Waals surface area contributed by atoms with E-state index in [4.69, 9.17) is 4.74 Å². The molecule has 2 aliphatic rings. The Morgan fingerprint density at radius 1 is 1.41 bits per heavy atom. The molecule has 1 aliphatic carbocycles. The molecule has 2 heterocycles. The lowest BCUT2D eigenvalue weighted by Crippen LogP contribution is -2.26. The number of thiophene rings is 1. The molecule has 1 aromatic heterocycles. The fraction of sp³-hybridized carbons (Fsp3) is 0.714. The van der Waals surface area contributed by atoms with Crippen LogP contribution in [0.3, 0.4) is 0 Å². The number of nitrogens with one attached hydrogen (secondary N) is 1. The van der Waals surface area contributed by atoms with Gasteiger partial charge in [-0.25, -0.2) is 0 Å². The highest BCUT2D eigenvalue weighted by molar-refractivity contribution is 7.10. The Hall–Kier alpha value is -0.380. The fourth-order valence-electron chi connectivity index (χ4n) is 2.67. The van der Waals surface area contributed by atoms with Gasteiger partial charge in [0.15, 0.2) is 0 Å². The summed E-state index contributed by atoms with van der Waals surface area (Å²) in [6.07, 6.45) is 7.00. The van der Waals surface area contributed by atoms with Crippen LogP contribution in [0.4, 0.5) is 0 Å². The molecule has 0 radical (unpaired) electrons. The normalized spacial score (nSPS) is 26.2. The van der Waals surface area contributed by atoms with Gasteiger partial charge in [-0.3, -0.25) is 0 Å². The maximum atomic E-state index is 5.66. The molecule has 0 bridgehead atoms. The van der Waals surface area contributed by atoms with Gasteiger partial charge in [-0.05, 0) is 56.0 Å². The average molecular weight is 251 g/mol. The lowest BCUT2D eigenvalue weighted by atomic mass is 10.1. The molecule has 3 rings (SSSR count). The van der Waals surface area contributed by atoms with Crippen molar-refractivity contribution >= 4 is 11.3 Å². The van der Waals surface area contributed by atoms with Gasteiger partial charge in [-0.1, -0.05) is 6.07 Å². The molecule has 1 aliphatic heterocycles. The highest BCUT2D eigenvalue weighted by Gasteiger charge is 2.32. The summed E-state index contributed by atoms with van der Waals surface area (Å²) in [5.74, 6) is 0.887. The maximum Gasteiger partial charge on any atom is 0.0588 e. The molecule has 1 aromatic rings. The van der Waals surface area contributed by atoms with Gasteiger partial charge in [-0.2, -0.15) is 0 Å². The average Bonchev–Trinajstić information content (AvgIpc) is 2.84. The van der Waals surface area contributed by atoms with Crippen LogP contribution in [-0.4, -0.2) is 19.3 Å². The fourth-order valence-corrected chi connectivity index (χ4v) is 3.56. The van der Waals surface area contributed by atoms with E-state index in [0.717, 1.165) is 19.1 Å². The molecule has 0 amide bonds. The second-order valence-corrected chi connectivity index (χ2v) is 6.19. The minimum Gasteiger partial charge on any atom is -0.378 e. The van der Waals surface area contributed by atoms with E-state index >= 15 is 0 Å². The molecule has 94 valence electrons. The predicted molar refractivity (Wildman–Crippen MR) is 71.4 cm³/mol. The summed E-state index contributed by atoms with van der Waals surface area (Å²) in [4.78, 5) is 1.51. The first-order chi connectivity index (χ1) is 8.43. The van der Waals surface area contributed by atoms with E-state index in [1.165, 1.54) is 37.0 Å². The molecule has 2 nitrogen and oxygen atoms in total. The van der Waals surface area contributed by atoms with Gasteiger partial charge in [0.1, 0.15) is 0 Å². The second kappa shape index (κ2) is 5.51. The molecule has 2 fully saturated rings. The minimum atomic E-state index is 0.519. The van der Waals surface area contributed by atoms with Crippen LogP contribution in [-0.2, 0) is 4.74 Å². The van der Waals surface area contributed by atoms with E-state index in [1.807, 2.05) is 11.3 Å². The minimum absolute atomic E-state index is 0.519. The second-order valence-electron chi connectivity index (χ2n) is 5.21. The van der Waals surface area contributed by atoms with Gasteiger partial charge in [-0.15, -0.1) is 11.3 Å². The molecule has 1 saturated carbocycles. The molecule has 1 N–H and O–H groups in total. The van der Waals surface area contributed by atoms with Crippen molar-refractivity contribution in [3.05, 3.63) is 22.4 Å². The van der Waals surface area contributed by atoms with Gasteiger partial charge >= 0.3 is 0 Å². The van der Waals surface area contributed by atoms with E-state index in [0.29, 0.717) is 12.1 Å². The summed E-state index contributed by atoms with van der Waals surface area (Å²) >= 11 is 1.89. The van der Waals surface area contributed by atoms with Crippen LogP contribution >= 0.6 is 11.3 Å². The SMILES string of the molecule is c1csc(C(NCCC2CCCO2)C2CC2)c1. The number of rotatable bonds is 6. The monoisotopic (exact) mass is 251 g/mol. The Morgan fingerprint density at radius 2 is 2.35 bits per heavy atom. The summed E-state index contributed by atoms with van der Waals surface area (Å²) in [6.45, 7) is 2.07. The Labute approximate surface area is 107 Å². The number of hydrogen-bond donors (Lipinski definition) is 1. The first kappa shape index (κ1) is 11.7. The Kier molecular flexibility index (Phi) is 3.79. The zero-order chi connectivity index (χ0) is 11.5. The highest BCUT2D eigenvalue weighted by Crippen LogP contribution is 2.42. The highest BCUT2D eigenvalue weighted by atomic mass is 32.1. The van der Waals surface area contributed by atoms with Crippen molar-refractivity contribution < 1.29 is 4.74 Å². The van der Waals surface area contributed by atoms with Crippen LogP contribution in [0.2, 0.25) is 0 Å². The van der Waals surface area contributed by atoms with E-state index in [-0.39, 0.29) is 0 Å². The van der Waals surface area contributed by atoms with E-state index in [1.54, 1.807) is 0 Å². The third-order valence-corrected chi connectivity index (χ3v) is 4.75. The molecule has 2 atom stereocenters. The van der Waals surface area contributed by atoms with Crippen LogP contribution in [0, 0.1) is 5.92 Å². The largest absolute Gasteiger partial charge is 0.378 e. The van der Waals surface area contributed by atoms with Crippen molar-refractivity contribution in [3.63, 3.8) is 0 Å². The zero-order valence-corrected chi connectivity index (χ0v) is 11.0. The van der Waals surface area contributed by atoms with E-state index < -0.39 is 0 Å². The smallest absolute Gasteiger partial charge is 0.0588 e. The Bertz CT molecular complexity index is 328. The van der Waals surface area contributed by atoms with Crippen molar-refractivity contribution in [3.8, 4) is 0 Å². The lowest BCUT2D eigenvalue weighted by Gasteiger charge is -2.18. The first-order valence-electron chi connectivity index (χ1n) is 6.82. The first-order valence-corrected chi connectivity index (χ1v) is 7.70. The summed E-state index contributed by atoms with van der Waals surface area (Å²) in [7, 11) is 0. The van der Waals surface area contributed by atoms with Crippen molar-refractivity contribution in [1.29, 1.82) is 0 Å². The lowest BCUT2D eigenvalue weighted by molar-refractivity contribution is 0.103. The van der Waals surface area contributed by atoms with Gasteiger partial charge in [0, 0.05) is 17.5 Å². The van der Waals surface area contributed by atoms with Gasteiger partial charge in [0.2, 0.25) is 0 Å². The number of hydrogen-bond acceptors (Lipinski definition) is 3. The van der Waals surface area contributed by atoms with Crippen molar-refractivity contribution in [2.24, 2.45) is 5.92 Å². The molecule has 17 heavy (non-hydrogen) atoms. The van der Waals surface area contributed by atoms with Crippen molar-refractivity contribution in [2.45, 2.75) is 44.2 Å². The quantitative estimate of drug-likeness (QED) is 0.837. The molecule has 1 saturated heterocycles. The standard InChI is InChI=1S/C14H21NOS/c1-3-12(16-9-1)7-8-15-14(11-5-6-11)13-4-2-10-17-13/h2,4,10-12,14-15H,1,3,5-9H2. The predicted octanol–water partition coefficient (Wildman–Crippen LogP) is 3.36. The van der Waals surface area contributed by atoms with Crippen LogP contribution in [0.25, 0.3) is 0 Å². The zero-order valence-electron chi connectivity index (χ0n) is 10.2. The number of ether oxygens (including phenoxy) is 1. The molecule has 0 aromatic carbocycles. The summed E-state index contributed by atoms with van der Waals surface area (Å²) in [5, 5.41) is 5.93. The molecule has 3 heteroatoms. The summed E-state index contributed by atoms with van der Waals surface area (Å²) in [6, 6.07) is 5.04. The van der Waals surface area contributed by atoms with Crippen LogP contribution < -0.4 is 5.32 Å². The Balaban J connectivity index is 1.47. The van der Waals surface area contributed by atoms with Crippen molar-refractivity contribution in [2.75, 3.05) is 13.2 Å². The van der Waals surface area contributed by atoms with Crippen LogP contribution in [0.5, 0.6) is 0 Å². The van der Waals surface area contributed by atoms with E-state index in [2.05, 4.69) is 22.8 Å².